The molecule has 0 aromatic carbocycles. The minimum atomic E-state index is -3.85. The molecule has 0 unspecified atom stereocenters. The zero-order valence-electron chi connectivity index (χ0n) is 10.6. The molecule has 2 aromatic heterocycles. The largest absolute Gasteiger partial charge is 0.264 e. The Bertz CT molecular complexity index is 849. The number of hydrogen-bond donors (Lipinski definition) is 1. The van der Waals surface area contributed by atoms with Gasteiger partial charge in [0.05, 0.1) is 10.0 Å². The zero-order valence-corrected chi connectivity index (χ0v) is 13.8. The van der Waals surface area contributed by atoms with E-state index in [9.17, 15) is 8.42 Å². The molecule has 0 atom stereocenters. The maximum Gasteiger partial charge on any atom is 0.264 e. The van der Waals surface area contributed by atoms with Crippen molar-refractivity contribution in [3.63, 3.8) is 0 Å². The summed E-state index contributed by atoms with van der Waals surface area (Å²) in [6, 6.07) is 4.66. The van der Waals surface area contributed by atoms with Crippen LogP contribution in [0.2, 0.25) is 5.15 Å². The third-order valence-electron chi connectivity index (χ3n) is 2.51. The first-order valence-corrected chi connectivity index (χ1v) is 8.19. The molecule has 9 heteroatoms. The molecule has 2 rings (SSSR count). The molecule has 2 heterocycles. The van der Waals surface area contributed by atoms with E-state index in [1.165, 1.54) is 18.3 Å². The van der Waals surface area contributed by atoms with Gasteiger partial charge in [0.1, 0.15) is 21.9 Å². The summed E-state index contributed by atoms with van der Waals surface area (Å²) in [5.41, 5.74) is 0.814. The number of nitrogens with zero attached hydrogens (tertiary/aromatic N) is 3. The van der Waals surface area contributed by atoms with Crippen LogP contribution in [0.15, 0.2) is 33.9 Å². The van der Waals surface area contributed by atoms with Crippen molar-refractivity contribution in [3.8, 4) is 6.07 Å². The fourth-order valence-electron chi connectivity index (χ4n) is 1.46. The predicted molar refractivity (Wildman–Crippen MR) is 81.4 cm³/mol. The number of anilines is 1. The highest BCUT2D eigenvalue weighted by atomic mass is 79.9. The van der Waals surface area contributed by atoms with Gasteiger partial charge in [-0.15, -0.1) is 0 Å². The topological polar surface area (TPSA) is 95.7 Å². The molecule has 0 saturated carbocycles. The monoisotopic (exact) mass is 386 g/mol. The van der Waals surface area contributed by atoms with Crippen molar-refractivity contribution in [2.24, 2.45) is 0 Å². The summed E-state index contributed by atoms with van der Waals surface area (Å²) in [5.74, 6) is 0.0438. The van der Waals surface area contributed by atoms with E-state index in [1.807, 2.05) is 6.07 Å². The van der Waals surface area contributed by atoms with Gasteiger partial charge in [0.2, 0.25) is 0 Å². The number of nitriles is 1. The van der Waals surface area contributed by atoms with Crippen LogP contribution in [0.25, 0.3) is 0 Å². The molecule has 0 aliphatic rings. The second-order valence-electron chi connectivity index (χ2n) is 4.05. The molecule has 0 aliphatic heterocycles. The van der Waals surface area contributed by atoms with E-state index < -0.39 is 10.0 Å². The van der Waals surface area contributed by atoms with E-state index in [0.717, 1.165) is 6.20 Å². The van der Waals surface area contributed by atoms with Crippen LogP contribution in [0.3, 0.4) is 0 Å². The molecular weight excluding hydrogens is 380 g/mol. The Morgan fingerprint density at radius 2 is 2.05 bits per heavy atom. The summed E-state index contributed by atoms with van der Waals surface area (Å²) < 4.78 is 27.2. The van der Waals surface area contributed by atoms with Crippen LogP contribution in [-0.2, 0) is 10.0 Å². The molecule has 0 amide bonds. The number of nitrogens with one attached hydrogen (secondary N) is 1. The lowest BCUT2D eigenvalue weighted by atomic mass is 10.3. The molecule has 0 spiro atoms. The summed E-state index contributed by atoms with van der Waals surface area (Å²) in [4.78, 5) is 7.67. The van der Waals surface area contributed by atoms with E-state index in [-0.39, 0.29) is 21.4 Å². The number of hydrogen-bond acceptors (Lipinski definition) is 5. The Balaban J connectivity index is 2.37. The number of rotatable bonds is 3. The fraction of sp³-hybridized carbons (Fsp3) is 0.0833. The molecule has 0 radical (unpaired) electrons. The number of pyridine rings is 2. The average Bonchev–Trinajstić information content (AvgIpc) is 2.43. The highest BCUT2D eigenvalue weighted by Crippen LogP contribution is 2.21. The lowest BCUT2D eigenvalue weighted by molar-refractivity contribution is 0.600. The van der Waals surface area contributed by atoms with Crippen molar-refractivity contribution in [1.29, 1.82) is 5.26 Å². The van der Waals surface area contributed by atoms with Crippen LogP contribution in [0.1, 0.15) is 11.1 Å². The molecule has 2 aromatic rings. The first-order chi connectivity index (χ1) is 9.83. The van der Waals surface area contributed by atoms with Crippen LogP contribution in [0.4, 0.5) is 5.82 Å². The number of halogens is 2. The van der Waals surface area contributed by atoms with E-state index in [2.05, 4.69) is 30.6 Å². The molecule has 0 fully saturated rings. The van der Waals surface area contributed by atoms with Gasteiger partial charge in [0.25, 0.3) is 10.0 Å². The van der Waals surface area contributed by atoms with E-state index in [4.69, 9.17) is 16.9 Å². The van der Waals surface area contributed by atoms with Crippen LogP contribution in [0, 0.1) is 18.3 Å². The fourth-order valence-corrected chi connectivity index (χ4v) is 2.89. The molecule has 6 nitrogen and oxygen atoms in total. The van der Waals surface area contributed by atoms with Gasteiger partial charge in [0, 0.05) is 18.5 Å². The molecule has 0 aliphatic carbocycles. The zero-order chi connectivity index (χ0) is 15.6. The van der Waals surface area contributed by atoms with Crippen LogP contribution in [-0.4, -0.2) is 18.4 Å². The van der Waals surface area contributed by atoms with Crippen molar-refractivity contribution < 1.29 is 8.42 Å². The summed E-state index contributed by atoms with van der Waals surface area (Å²) in [6.45, 7) is 1.65. The van der Waals surface area contributed by atoms with Gasteiger partial charge < -0.3 is 0 Å². The van der Waals surface area contributed by atoms with Crippen LogP contribution in [0.5, 0.6) is 0 Å². The maximum absolute atomic E-state index is 12.2. The van der Waals surface area contributed by atoms with E-state index in [0.29, 0.717) is 10.0 Å². The Morgan fingerprint density at radius 3 is 2.67 bits per heavy atom. The quantitative estimate of drug-likeness (QED) is 0.817. The van der Waals surface area contributed by atoms with Gasteiger partial charge in [-0.05, 0) is 34.5 Å². The highest BCUT2D eigenvalue weighted by molar-refractivity contribution is 9.10. The van der Waals surface area contributed by atoms with Gasteiger partial charge in [-0.1, -0.05) is 11.6 Å². The van der Waals surface area contributed by atoms with Crippen LogP contribution >= 0.6 is 27.5 Å². The highest BCUT2D eigenvalue weighted by Gasteiger charge is 2.17. The summed E-state index contributed by atoms with van der Waals surface area (Å²) >= 11 is 8.91. The summed E-state index contributed by atoms with van der Waals surface area (Å²) in [7, 11) is -3.85. The Morgan fingerprint density at radius 1 is 1.33 bits per heavy atom. The first kappa shape index (κ1) is 15.7. The van der Waals surface area contributed by atoms with Crippen molar-refractivity contribution in [2.45, 2.75) is 11.8 Å². The summed E-state index contributed by atoms with van der Waals surface area (Å²) in [6.07, 6.45) is 2.50. The lowest BCUT2D eigenvalue weighted by Crippen LogP contribution is -2.14. The molecule has 0 bridgehead atoms. The van der Waals surface area contributed by atoms with Crippen molar-refractivity contribution in [2.75, 3.05) is 4.72 Å². The Hall–Kier alpha value is -1.69. The third kappa shape index (κ3) is 3.50. The second kappa shape index (κ2) is 5.97. The van der Waals surface area contributed by atoms with E-state index in [1.54, 1.807) is 6.92 Å². The van der Waals surface area contributed by atoms with E-state index >= 15 is 0 Å². The van der Waals surface area contributed by atoms with Gasteiger partial charge >= 0.3 is 0 Å². The summed E-state index contributed by atoms with van der Waals surface area (Å²) in [5, 5.41) is 9.15. The van der Waals surface area contributed by atoms with Gasteiger partial charge in [0.15, 0.2) is 0 Å². The normalized spacial score (nSPS) is 11.0. The minimum Gasteiger partial charge on any atom is -0.263 e. The molecular formula is C12H8BrClN4O2S. The van der Waals surface area contributed by atoms with Gasteiger partial charge in [-0.25, -0.2) is 18.4 Å². The molecule has 1 N–H and O–H groups in total. The Labute approximate surface area is 135 Å². The predicted octanol–water partition coefficient (Wildman–Crippen LogP) is 2.87. The van der Waals surface area contributed by atoms with Crippen LogP contribution < -0.4 is 4.72 Å². The number of sulfonamides is 1. The molecule has 108 valence electrons. The van der Waals surface area contributed by atoms with Crippen molar-refractivity contribution >= 4 is 43.4 Å². The average molecular weight is 388 g/mol. The number of aromatic nitrogens is 2. The SMILES string of the molecule is Cc1cc(S(=O)(=O)Nc2cc(C#N)c(Br)cn2)cnc1Cl. The van der Waals surface area contributed by atoms with Crippen molar-refractivity contribution in [1.82, 2.24) is 9.97 Å². The maximum atomic E-state index is 12.2. The number of aryl methyl sites for hydroxylation is 1. The Kier molecular flexibility index (Phi) is 4.46. The smallest absolute Gasteiger partial charge is 0.263 e. The second-order valence-corrected chi connectivity index (χ2v) is 6.94. The molecule has 0 saturated heterocycles. The third-order valence-corrected chi connectivity index (χ3v) is 4.86. The lowest BCUT2D eigenvalue weighted by Gasteiger charge is -2.08. The van der Waals surface area contributed by atoms with Gasteiger partial charge in [-0.3, -0.25) is 4.72 Å². The minimum absolute atomic E-state index is 0.0346. The van der Waals surface area contributed by atoms with Gasteiger partial charge in [-0.2, -0.15) is 5.26 Å². The first-order valence-electron chi connectivity index (χ1n) is 5.54. The standard InChI is InChI=1S/C12H8BrClN4O2S/c1-7-2-9(5-17-12(7)14)21(19,20)18-11-3-8(4-15)10(13)6-16-11/h2-3,5-6H,1H3,(H,16,18). The van der Waals surface area contributed by atoms with Crippen molar-refractivity contribution in [3.05, 3.63) is 45.3 Å². The molecule has 21 heavy (non-hydrogen) atoms.